The van der Waals surface area contributed by atoms with E-state index in [0.717, 1.165) is 5.56 Å². The second-order valence-electron chi connectivity index (χ2n) is 4.80. The summed E-state index contributed by atoms with van der Waals surface area (Å²) in [6, 6.07) is 14.0. The number of hydrogen-bond donors (Lipinski definition) is 0. The molecule has 0 bridgehead atoms. The largest absolute Gasteiger partial charge is 0.493 e. The number of methoxy groups -OCH3 is 2. The zero-order valence-corrected chi connectivity index (χ0v) is 13.0. The highest BCUT2D eigenvalue weighted by atomic mass is 16.5. The molecule has 2 rings (SSSR count). The van der Waals surface area contributed by atoms with E-state index in [2.05, 4.69) is 0 Å². The smallest absolute Gasteiger partial charge is 0.311 e. The van der Waals surface area contributed by atoms with Crippen LogP contribution in [-0.2, 0) is 11.2 Å². The summed E-state index contributed by atoms with van der Waals surface area (Å²) in [6.45, 7) is 0. The van der Waals surface area contributed by atoms with E-state index in [-0.39, 0.29) is 12.4 Å². The van der Waals surface area contributed by atoms with Crippen LogP contribution in [0.5, 0.6) is 17.2 Å². The van der Waals surface area contributed by atoms with Crippen LogP contribution in [0.3, 0.4) is 0 Å². The van der Waals surface area contributed by atoms with Crippen LogP contribution in [0.25, 0.3) is 0 Å². The van der Waals surface area contributed by atoms with Gasteiger partial charge < -0.3 is 14.2 Å². The molecule has 0 radical (unpaired) electrons. The lowest BCUT2D eigenvalue weighted by atomic mass is 10.1. The molecule has 2 aromatic carbocycles. The van der Waals surface area contributed by atoms with Crippen LogP contribution in [0.1, 0.15) is 17.5 Å². The van der Waals surface area contributed by atoms with Crippen molar-refractivity contribution in [1.29, 1.82) is 5.26 Å². The van der Waals surface area contributed by atoms with Crippen molar-refractivity contribution in [2.24, 2.45) is 0 Å². The van der Waals surface area contributed by atoms with Gasteiger partial charge in [-0.2, -0.15) is 5.26 Å². The second kappa shape index (κ2) is 7.85. The van der Waals surface area contributed by atoms with Crippen molar-refractivity contribution in [2.45, 2.75) is 12.8 Å². The third-order valence-electron chi connectivity index (χ3n) is 3.28. The van der Waals surface area contributed by atoms with Gasteiger partial charge in [-0.05, 0) is 48.4 Å². The summed E-state index contributed by atoms with van der Waals surface area (Å²) in [5.41, 5.74) is 1.48. The maximum atomic E-state index is 11.9. The van der Waals surface area contributed by atoms with E-state index in [0.29, 0.717) is 29.2 Å². The summed E-state index contributed by atoms with van der Waals surface area (Å²) in [5, 5.41) is 8.72. The van der Waals surface area contributed by atoms with Gasteiger partial charge >= 0.3 is 5.97 Å². The lowest BCUT2D eigenvalue weighted by Crippen LogP contribution is -2.09. The van der Waals surface area contributed by atoms with Crippen molar-refractivity contribution in [2.75, 3.05) is 14.2 Å². The van der Waals surface area contributed by atoms with Gasteiger partial charge in [-0.15, -0.1) is 0 Å². The van der Waals surface area contributed by atoms with Crippen molar-refractivity contribution in [3.63, 3.8) is 0 Å². The van der Waals surface area contributed by atoms with E-state index >= 15 is 0 Å². The van der Waals surface area contributed by atoms with E-state index in [4.69, 9.17) is 19.5 Å². The molecule has 0 N–H and O–H groups in total. The number of rotatable bonds is 6. The SMILES string of the molecule is COc1ccc(CCC(=O)Oc2ccc(C#N)cc2)cc1OC. The van der Waals surface area contributed by atoms with E-state index < -0.39 is 0 Å². The Labute approximate surface area is 135 Å². The Hall–Kier alpha value is -3.00. The maximum absolute atomic E-state index is 11.9. The number of carbonyl (C=O) groups excluding carboxylic acids is 1. The van der Waals surface area contributed by atoms with Crippen molar-refractivity contribution in [3.05, 3.63) is 53.6 Å². The van der Waals surface area contributed by atoms with E-state index in [9.17, 15) is 4.79 Å². The number of hydrogen-bond acceptors (Lipinski definition) is 5. The van der Waals surface area contributed by atoms with Crippen LogP contribution in [0, 0.1) is 11.3 Å². The highest BCUT2D eigenvalue weighted by molar-refractivity contribution is 5.72. The van der Waals surface area contributed by atoms with Crippen LogP contribution in [0.2, 0.25) is 0 Å². The van der Waals surface area contributed by atoms with Gasteiger partial charge in [-0.25, -0.2) is 0 Å². The lowest BCUT2D eigenvalue weighted by Gasteiger charge is -2.09. The summed E-state index contributed by atoms with van der Waals surface area (Å²) < 4.78 is 15.6. The van der Waals surface area contributed by atoms with Gasteiger partial charge in [0.05, 0.1) is 25.9 Å². The van der Waals surface area contributed by atoms with Crippen LogP contribution in [0.15, 0.2) is 42.5 Å². The lowest BCUT2D eigenvalue weighted by molar-refractivity contribution is -0.134. The Balaban J connectivity index is 1.92. The monoisotopic (exact) mass is 311 g/mol. The van der Waals surface area contributed by atoms with Crippen molar-refractivity contribution >= 4 is 5.97 Å². The van der Waals surface area contributed by atoms with Crippen LogP contribution in [-0.4, -0.2) is 20.2 Å². The van der Waals surface area contributed by atoms with Gasteiger partial charge in [-0.1, -0.05) is 6.07 Å². The van der Waals surface area contributed by atoms with E-state index in [1.54, 1.807) is 44.6 Å². The summed E-state index contributed by atoms with van der Waals surface area (Å²) in [7, 11) is 3.15. The molecule has 0 amide bonds. The van der Waals surface area contributed by atoms with Gasteiger partial charge in [0.15, 0.2) is 11.5 Å². The summed E-state index contributed by atoms with van der Waals surface area (Å²) in [5.74, 6) is 1.38. The number of aryl methyl sites for hydroxylation is 1. The minimum Gasteiger partial charge on any atom is -0.493 e. The highest BCUT2D eigenvalue weighted by Crippen LogP contribution is 2.28. The first-order valence-electron chi connectivity index (χ1n) is 7.08. The molecule has 0 aliphatic carbocycles. The number of nitriles is 1. The molecule has 5 heteroatoms. The predicted molar refractivity (Wildman–Crippen MR) is 84.7 cm³/mol. The predicted octanol–water partition coefficient (Wildman–Crippen LogP) is 3.11. The van der Waals surface area contributed by atoms with Crippen molar-refractivity contribution < 1.29 is 19.0 Å². The fourth-order valence-corrected chi connectivity index (χ4v) is 2.06. The molecule has 23 heavy (non-hydrogen) atoms. The fraction of sp³-hybridized carbons (Fsp3) is 0.222. The van der Waals surface area contributed by atoms with Gasteiger partial charge in [-0.3, -0.25) is 4.79 Å². The number of ether oxygens (including phenoxy) is 3. The quantitative estimate of drug-likeness (QED) is 0.605. The Morgan fingerprint density at radius 1 is 1.04 bits per heavy atom. The third-order valence-corrected chi connectivity index (χ3v) is 3.28. The van der Waals surface area contributed by atoms with Crippen LogP contribution >= 0.6 is 0 Å². The van der Waals surface area contributed by atoms with Crippen LogP contribution in [0.4, 0.5) is 0 Å². The maximum Gasteiger partial charge on any atom is 0.311 e. The first kappa shape index (κ1) is 16.4. The topological polar surface area (TPSA) is 68.5 Å². The first-order chi connectivity index (χ1) is 11.2. The van der Waals surface area contributed by atoms with E-state index in [1.165, 1.54) is 0 Å². The minimum atomic E-state index is -0.329. The molecule has 0 aliphatic rings. The number of carbonyl (C=O) groups is 1. The molecule has 0 saturated carbocycles. The average molecular weight is 311 g/mol. The summed E-state index contributed by atoms with van der Waals surface area (Å²) in [4.78, 5) is 11.9. The molecule has 0 aliphatic heterocycles. The standard InChI is InChI=1S/C18H17NO4/c1-21-16-9-5-13(11-17(16)22-2)6-10-18(20)23-15-7-3-14(12-19)4-8-15/h3-5,7-9,11H,6,10H2,1-2H3. The zero-order chi connectivity index (χ0) is 16.7. The second-order valence-corrected chi connectivity index (χ2v) is 4.80. The summed E-state index contributed by atoms with van der Waals surface area (Å²) in [6.07, 6.45) is 0.783. The molecular weight excluding hydrogens is 294 g/mol. The molecule has 0 unspecified atom stereocenters. The number of esters is 1. The molecule has 5 nitrogen and oxygen atoms in total. The molecule has 2 aromatic rings. The summed E-state index contributed by atoms with van der Waals surface area (Å²) >= 11 is 0. The highest BCUT2D eigenvalue weighted by Gasteiger charge is 2.08. The number of nitrogens with zero attached hydrogens (tertiary/aromatic N) is 1. The molecule has 0 aromatic heterocycles. The molecule has 0 saturated heterocycles. The van der Waals surface area contributed by atoms with Crippen molar-refractivity contribution in [3.8, 4) is 23.3 Å². The average Bonchev–Trinajstić information content (AvgIpc) is 2.60. The molecule has 0 fully saturated rings. The molecule has 118 valence electrons. The van der Waals surface area contributed by atoms with Gasteiger partial charge in [0, 0.05) is 6.42 Å². The number of benzene rings is 2. The molecule has 0 spiro atoms. The normalized spacial score (nSPS) is 9.78. The van der Waals surface area contributed by atoms with Gasteiger partial charge in [0.25, 0.3) is 0 Å². The van der Waals surface area contributed by atoms with Crippen molar-refractivity contribution in [1.82, 2.24) is 0 Å². The Morgan fingerprint density at radius 3 is 2.35 bits per heavy atom. The Morgan fingerprint density at radius 2 is 1.74 bits per heavy atom. The van der Waals surface area contributed by atoms with E-state index in [1.807, 2.05) is 18.2 Å². The Kier molecular flexibility index (Phi) is 5.59. The van der Waals surface area contributed by atoms with Gasteiger partial charge in [0.2, 0.25) is 0 Å². The van der Waals surface area contributed by atoms with Gasteiger partial charge in [0.1, 0.15) is 5.75 Å². The minimum absolute atomic E-state index is 0.246. The Bertz CT molecular complexity index is 717. The fourth-order valence-electron chi connectivity index (χ4n) is 2.06. The molecule has 0 heterocycles. The first-order valence-corrected chi connectivity index (χ1v) is 7.08. The van der Waals surface area contributed by atoms with Crippen LogP contribution < -0.4 is 14.2 Å². The third kappa shape index (κ3) is 4.48. The zero-order valence-electron chi connectivity index (χ0n) is 13.0. The molecular formula is C18H17NO4. The molecule has 0 atom stereocenters.